The number of hydrogen-bond acceptors (Lipinski definition) is 4. The fraction of sp³-hybridized carbons (Fsp3) is 0.308. The van der Waals surface area contributed by atoms with Crippen LogP contribution in [0.1, 0.15) is 41.6 Å². The molecular formula is C13H15N3O2. The van der Waals surface area contributed by atoms with Gasteiger partial charge in [0.15, 0.2) is 6.39 Å². The van der Waals surface area contributed by atoms with Crippen molar-refractivity contribution in [3.63, 3.8) is 0 Å². The van der Waals surface area contributed by atoms with Crippen LogP contribution in [0.2, 0.25) is 0 Å². The summed E-state index contributed by atoms with van der Waals surface area (Å²) in [5.74, 6) is 0.206. The molecule has 0 aliphatic heterocycles. The zero-order valence-corrected chi connectivity index (χ0v) is 10.4. The van der Waals surface area contributed by atoms with Crippen molar-refractivity contribution in [2.45, 2.75) is 26.3 Å². The van der Waals surface area contributed by atoms with Gasteiger partial charge in [-0.15, -0.1) is 0 Å². The molecule has 0 saturated carbocycles. The van der Waals surface area contributed by atoms with Gasteiger partial charge in [-0.1, -0.05) is 13.8 Å². The molecule has 1 N–H and O–H groups in total. The van der Waals surface area contributed by atoms with Gasteiger partial charge in [0.2, 0.25) is 5.76 Å². The molecule has 0 unspecified atom stereocenters. The van der Waals surface area contributed by atoms with Crippen LogP contribution in [0.4, 0.5) is 0 Å². The molecule has 0 bridgehead atoms. The van der Waals surface area contributed by atoms with Crippen LogP contribution in [0.5, 0.6) is 0 Å². The number of aromatic nitrogens is 2. The minimum atomic E-state index is -0.243. The number of amides is 1. The molecule has 2 heterocycles. The van der Waals surface area contributed by atoms with E-state index in [0.717, 1.165) is 5.56 Å². The molecule has 0 aromatic carbocycles. The number of pyridine rings is 1. The molecule has 0 aliphatic rings. The second-order valence-electron chi connectivity index (χ2n) is 4.26. The Kier molecular flexibility index (Phi) is 3.72. The van der Waals surface area contributed by atoms with E-state index in [0.29, 0.717) is 18.0 Å². The molecule has 0 spiro atoms. The maximum absolute atomic E-state index is 11.9. The first-order chi connectivity index (χ1) is 8.68. The SMILES string of the molecule is CC(C)c1ncoc1C(=O)NCc1ccncc1. The Morgan fingerprint density at radius 1 is 1.39 bits per heavy atom. The minimum absolute atomic E-state index is 0.158. The number of nitrogens with zero attached hydrogens (tertiary/aromatic N) is 2. The Morgan fingerprint density at radius 3 is 2.78 bits per heavy atom. The van der Waals surface area contributed by atoms with Gasteiger partial charge in [0, 0.05) is 18.9 Å². The van der Waals surface area contributed by atoms with Gasteiger partial charge in [-0.3, -0.25) is 9.78 Å². The summed E-state index contributed by atoms with van der Waals surface area (Å²) < 4.78 is 5.14. The number of carbonyl (C=O) groups is 1. The molecule has 0 fully saturated rings. The normalized spacial score (nSPS) is 10.6. The van der Waals surface area contributed by atoms with E-state index in [1.165, 1.54) is 6.39 Å². The van der Waals surface area contributed by atoms with Gasteiger partial charge in [0.05, 0.1) is 5.69 Å². The number of rotatable bonds is 4. The smallest absolute Gasteiger partial charge is 0.289 e. The Morgan fingerprint density at radius 2 is 2.11 bits per heavy atom. The topological polar surface area (TPSA) is 68.0 Å². The van der Waals surface area contributed by atoms with E-state index in [-0.39, 0.29) is 11.8 Å². The lowest BCUT2D eigenvalue weighted by molar-refractivity contribution is 0.0921. The van der Waals surface area contributed by atoms with Crippen LogP contribution >= 0.6 is 0 Å². The molecule has 0 atom stereocenters. The molecule has 0 saturated heterocycles. The first-order valence-electron chi connectivity index (χ1n) is 5.79. The molecule has 1 amide bonds. The average molecular weight is 245 g/mol. The third-order valence-corrected chi connectivity index (χ3v) is 2.55. The molecular weight excluding hydrogens is 230 g/mol. The van der Waals surface area contributed by atoms with E-state index in [1.54, 1.807) is 12.4 Å². The second kappa shape index (κ2) is 5.44. The highest BCUT2D eigenvalue weighted by Gasteiger charge is 2.18. The highest BCUT2D eigenvalue weighted by Crippen LogP contribution is 2.17. The summed E-state index contributed by atoms with van der Waals surface area (Å²) in [5.41, 5.74) is 1.67. The van der Waals surface area contributed by atoms with Gasteiger partial charge >= 0.3 is 0 Å². The Bertz CT molecular complexity index is 520. The summed E-state index contributed by atoms with van der Waals surface area (Å²) in [4.78, 5) is 19.9. The van der Waals surface area contributed by atoms with Crippen LogP contribution in [0.15, 0.2) is 35.3 Å². The minimum Gasteiger partial charge on any atom is -0.438 e. The highest BCUT2D eigenvalue weighted by atomic mass is 16.3. The van der Waals surface area contributed by atoms with Crippen molar-refractivity contribution in [2.75, 3.05) is 0 Å². The van der Waals surface area contributed by atoms with Crippen LogP contribution in [0.25, 0.3) is 0 Å². The predicted molar refractivity (Wildman–Crippen MR) is 66.0 cm³/mol. The molecule has 2 rings (SSSR count). The van der Waals surface area contributed by atoms with Crippen molar-refractivity contribution in [1.82, 2.24) is 15.3 Å². The third kappa shape index (κ3) is 2.74. The molecule has 0 aliphatic carbocycles. The van der Waals surface area contributed by atoms with Crippen molar-refractivity contribution in [3.05, 3.63) is 47.9 Å². The lowest BCUT2D eigenvalue weighted by atomic mass is 10.1. The largest absolute Gasteiger partial charge is 0.438 e. The molecule has 18 heavy (non-hydrogen) atoms. The molecule has 5 nitrogen and oxygen atoms in total. The maximum Gasteiger partial charge on any atom is 0.289 e. The van der Waals surface area contributed by atoms with E-state index >= 15 is 0 Å². The fourth-order valence-corrected chi connectivity index (χ4v) is 1.60. The number of carbonyl (C=O) groups excluding carboxylic acids is 1. The maximum atomic E-state index is 11.9. The third-order valence-electron chi connectivity index (χ3n) is 2.55. The summed E-state index contributed by atoms with van der Waals surface area (Å²) in [6, 6.07) is 3.70. The van der Waals surface area contributed by atoms with Gasteiger partial charge < -0.3 is 9.73 Å². The predicted octanol–water partition coefficient (Wildman–Crippen LogP) is 2.12. The van der Waals surface area contributed by atoms with Gasteiger partial charge in [-0.25, -0.2) is 4.98 Å². The first kappa shape index (κ1) is 12.3. The Balaban J connectivity index is 2.02. The van der Waals surface area contributed by atoms with Crippen molar-refractivity contribution < 1.29 is 9.21 Å². The molecule has 5 heteroatoms. The van der Waals surface area contributed by atoms with E-state index in [9.17, 15) is 4.79 Å². The molecule has 94 valence electrons. The lowest BCUT2D eigenvalue weighted by Gasteiger charge is -2.05. The number of oxazole rings is 1. The zero-order valence-electron chi connectivity index (χ0n) is 10.4. The summed E-state index contributed by atoms with van der Waals surface area (Å²) >= 11 is 0. The second-order valence-corrected chi connectivity index (χ2v) is 4.26. The van der Waals surface area contributed by atoms with E-state index in [1.807, 2.05) is 26.0 Å². The quantitative estimate of drug-likeness (QED) is 0.895. The van der Waals surface area contributed by atoms with Crippen LogP contribution in [-0.4, -0.2) is 15.9 Å². The number of nitrogens with one attached hydrogen (secondary N) is 1. The highest BCUT2D eigenvalue weighted by molar-refractivity contribution is 5.92. The summed E-state index contributed by atoms with van der Waals surface area (Å²) in [6.07, 6.45) is 4.68. The van der Waals surface area contributed by atoms with Crippen LogP contribution in [0.3, 0.4) is 0 Å². The zero-order chi connectivity index (χ0) is 13.0. The monoisotopic (exact) mass is 245 g/mol. The van der Waals surface area contributed by atoms with E-state index < -0.39 is 0 Å². The molecule has 0 radical (unpaired) electrons. The lowest BCUT2D eigenvalue weighted by Crippen LogP contribution is -2.23. The van der Waals surface area contributed by atoms with Crippen molar-refractivity contribution in [3.8, 4) is 0 Å². The first-order valence-corrected chi connectivity index (χ1v) is 5.79. The Labute approximate surface area is 105 Å². The average Bonchev–Trinajstić information content (AvgIpc) is 2.86. The van der Waals surface area contributed by atoms with Crippen molar-refractivity contribution in [1.29, 1.82) is 0 Å². The van der Waals surface area contributed by atoms with Crippen LogP contribution < -0.4 is 5.32 Å². The standard InChI is InChI=1S/C13H15N3O2/c1-9(2)11-12(18-8-16-11)13(17)15-7-10-3-5-14-6-4-10/h3-6,8-9H,7H2,1-2H3,(H,15,17). The fourth-order valence-electron chi connectivity index (χ4n) is 1.60. The summed E-state index contributed by atoms with van der Waals surface area (Å²) in [5, 5.41) is 2.80. The van der Waals surface area contributed by atoms with E-state index in [2.05, 4.69) is 15.3 Å². The van der Waals surface area contributed by atoms with Crippen molar-refractivity contribution >= 4 is 5.91 Å². The number of hydrogen-bond donors (Lipinski definition) is 1. The van der Waals surface area contributed by atoms with Crippen molar-refractivity contribution in [2.24, 2.45) is 0 Å². The van der Waals surface area contributed by atoms with Crippen LogP contribution in [-0.2, 0) is 6.54 Å². The molecule has 2 aromatic rings. The summed E-state index contributed by atoms with van der Waals surface area (Å²) in [6.45, 7) is 4.38. The Hall–Kier alpha value is -2.17. The van der Waals surface area contributed by atoms with E-state index in [4.69, 9.17) is 4.42 Å². The summed E-state index contributed by atoms with van der Waals surface area (Å²) in [7, 11) is 0. The van der Waals surface area contributed by atoms with Gasteiger partial charge in [0.1, 0.15) is 0 Å². The van der Waals surface area contributed by atoms with Gasteiger partial charge in [0.25, 0.3) is 5.91 Å². The van der Waals surface area contributed by atoms with Crippen LogP contribution in [0, 0.1) is 0 Å². The molecule has 2 aromatic heterocycles. The van der Waals surface area contributed by atoms with Gasteiger partial charge in [-0.2, -0.15) is 0 Å². The van der Waals surface area contributed by atoms with Gasteiger partial charge in [-0.05, 0) is 23.6 Å².